The van der Waals surface area contributed by atoms with Crippen molar-refractivity contribution in [2.24, 2.45) is 22.7 Å². The van der Waals surface area contributed by atoms with Crippen molar-refractivity contribution in [2.45, 2.75) is 42.9 Å². The molecule has 4 aliphatic rings. The number of fused-ring (bicyclic) bond motifs is 4. The maximum absolute atomic E-state index is 12.3. The van der Waals surface area contributed by atoms with Crippen LogP contribution in [0.25, 0.3) is 22.3 Å². The van der Waals surface area contributed by atoms with Gasteiger partial charge in [0.15, 0.2) is 28.4 Å². The predicted molar refractivity (Wildman–Crippen MR) is 171 cm³/mol. The van der Waals surface area contributed by atoms with E-state index in [1.165, 1.54) is 21.8 Å². The molecule has 0 saturated heterocycles. The fourth-order valence-corrected chi connectivity index (χ4v) is 9.92. The van der Waals surface area contributed by atoms with Crippen LogP contribution in [0.5, 0.6) is 0 Å². The Morgan fingerprint density at radius 3 is 2.24 bits per heavy atom. The molecule has 274 valence electrons. The van der Waals surface area contributed by atoms with Crippen LogP contribution >= 0.6 is 38.8 Å². The number of anilines is 2. The third-order valence-electron chi connectivity index (χ3n) is 10.4. The quantitative estimate of drug-likeness (QED) is 0.0413. The minimum absolute atomic E-state index is 0.0267. The second kappa shape index (κ2) is 11.8. The zero-order chi connectivity index (χ0) is 36.4. The molecule has 8 rings (SSSR count). The number of aliphatic hydroxyl groups is 4. The summed E-state index contributed by atoms with van der Waals surface area (Å²) in [6.45, 7) is -1.07. The van der Waals surface area contributed by atoms with E-state index in [0.717, 1.165) is 0 Å². The van der Waals surface area contributed by atoms with Crippen molar-refractivity contribution >= 4 is 72.8 Å². The molecule has 10 N–H and O–H groups in total. The number of aromatic nitrogens is 8. The van der Waals surface area contributed by atoms with Crippen LogP contribution in [0.15, 0.2) is 24.8 Å². The summed E-state index contributed by atoms with van der Waals surface area (Å²) in [6.07, 6.45) is 1.08. The van der Waals surface area contributed by atoms with Gasteiger partial charge in [0, 0.05) is 16.7 Å². The van der Waals surface area contributed by atoms with E-state index in [2.05, 4.69) is 39.7 Å². The Labute approximate surface area is 294 Å². The van der Waals surface area contributed by atoms with E-state index in [-0.39, 0.29) is 51.0 Å². The molecule has 26 heteroatoms. The first-order valence-electron chi connectivity index (χ1n) is 15.1. The maximum Gasteiger partial charge on any atom is 0.481 e. The van der Waals surface area contributed by atoms with Crippen molar-refractivity contribution in [1.29, 1.82) is 0 Å². The molecule has 4 heterocycles. The average Bonchev–Trinajstić information content (AvgIpc) is 3.21. The van der Waals surface area contributed by atoms with Gasteiger partial charge in [0.1, 0.15) is 17.7 Å². The number of hydrogen-bond acceptors (Lipinski definition) is 17. The summed E-state index contributed by atoms with van der Waals surface area (Å²) in [7, 11) is -10.7. The standard InChI is InChI=1S/C25H28Cl2N10O12P2/c26-22-31-18(28)10-20(33-22)37(6-29-10)13-9-3-25(9,5-47-51(45,46)49-50(42,43)44)17(41)15(13)48-35-19-11-21(34-23(27)32-19)36(7-30-11)12-8-1-2-24(8,4-38)16(40)14(12)39/h1-2,6-9,12-17,38-41H,3-5H2,(H,45,46)(H2,28,31,33)(H,32,34,35)(H2,42,43,44)/t8-,9-,12-,13-,14+,15+,16+,17+,24+,25+/m1/s1. The fraction of sp³-hybridized carbons (Fsp3) is 0.520. The molecule has 22 nitrogen and oxygen atoms in total. The number of nitrogens with one attached hydrogen (secondary N) is 1. The summed E-state index contributed by atoms with van der Waals surface area (Å²) in [5.74, 6) is -1.11. The lowest BCUT2D eigenvalue weighted by Crippen LogP contribution is -2.44. The number of allylic oxidation sites excluding steroid dienone is 1. The Balaban J connectivity index is 1.12. The van der Waals surface area contributed by atoms with Crippen molar-refractivity contribution in [3.05, 3.63) is 35.4 Å². The number of halogens is 2. The van der Waals surface area contributed by atoms with Crippen LogP contribution in [-0.4, -0.2) is 112 Å². The van der Waals surface area contributed by atoms with Gasteiger partial charge >= 0.3 is 15.6 Å². The van der Waals surface area contributed by atoms with E-state index in [0.29, 0.717) is 0 Å². The van der Waals surface area contributed by atoms with Crippen LogP contribution in [0, 0.1) is 22.7 Å². The van der Waals surface area contributed by atoms with Gasteiger partial charge in [0.25, 0.3) is 0 Å². The number of phosphoric ester groups is 1. The minimum atomic E-state index is -5.42. The summed E-state index contributed by atoms with van der Waals surface area (Å²) in [4.78, 5) is 59.4. The number of imidazole rings is 2. The highest BCUT2D eigenvalue weighted by molar-refractivity contribution is 7.60. The molecule has 0 aliphatic heterocycles. The van der Waals surface area contributed by atoms with Crippen molar-refractivity contribution in [3.8, 4) is 0 Å². The highest BCUT2D eigenvalue weighted by Crippen LogP contribution is 2.70. The molecule has 0 aromatic carbocycles. The van der Waals surface area contributed by atoms with Crippen LogP contribution in [-0.2, 0) is 22.8 Å². The van der Waals surface area contributed by atoms with Crippen molar-refractivity contribution in [2.75, 3.05) is 24.4 Å². The molecule has 4 aromatic rings. The SMILES string of the molecule is Nc1nc(Cl)nc2c1ncn2[C@H]1[C@H](ONc2nc(Cl)nc3c2ncn3[C@H]2[C@H](O)[C@H](O)[C@]3(CO)C=C[C@H]23)[C@H](O)[C@]2(COP(=O)(O)OP(=O)(O)O)C[C@H]12. The zero-order valence-corrected chi connectivity index (χ0v) is 28.8. The zero-order valence-electron chi connectivity index (χ0n) is 25.5. The molecule has 0 bridgehead atoms. The smallest absolute Gasteiger partial charge is 0.395 e. The Bertz CT molecular complexity index is 2210. The summed E-state index contributed by atoms with van der Waals surface area (Å²) in [5.41, 5.74) is 6.97. The van der Waals surface area contributed by atoms with E-state index in [9.17, 15) is 34.4 Å². The minimum Gasteiger partial charge on any atom is -0.395 e. The molecule has 0 radical (unpaired) electrons. The van der Waals surface area contributed by atoms with Gasteiger partial charge in [-0.3, -0.25) is 9.36 Å². The number of phosphoric acid groups is 2. The summed E-state index contributed by atoms with van der Waals surface area (Å²) in [6, 6.07) is -1.62. The first-order valence-corrected chi connectivity index (χ1v) is 18.8. The first-order chi connectivity index (χ1) is 24.0. The van der Waals surface area contributed by atoms with E-state index < -0.39 is 88.0 Å². The van der Waals surface area contributed by atoms with Crippen molar-refractivity contribution < 1.29 is 57.9 Å². The number of rotatable bonds is 11. The summed E-state index contributed by atoms with van der Waals surface area (Å²) < 4.78 is 35.5. The Hall–Kier alpha value is -2.92. The number of hydrogen-bond donors (Lipinski definition) is 9. The maximum atomic E-state index is 12.3. The third-order valence-corrected chi connectivity index (χ3v) is 12.9. The van der Waals surface area contributed by atoms with E-state index in [1.807, 2.05) is 0 Å². The number of nitrogen functional groups attached to an aromatic ring is 1. The monoisotopic (exact) mass is 792 g/mol. The lowest BCUT2D eigenvalue weighted by atomic mass is 9.68. The van der Waals surface area contributed by atoms with Gasteiger partial charge in [-0.15, -0.1) is 0 Å². The van der Waals surface area contributed by atoms with Gasteiger partial charge in [-0.2, -0.15) is 24.2 Å². The molecule has 51 heavy (non-hydrogen) atoms. The average molecular weight is 793 g/mol. The first kappa shape index (κ1) is 35.1. The normalized spacial score (nSPS) is 35.2. The Morgan fingerprint density at radius 1 is 0.961 bits per heavy atom. The van der Waals surface area contributed by atoms with Gasteiger partial charge < -0.3 is 50.0 Å². The van der Waals surface area contributed by atoms with Crippen LogP contribution in [0.4, 0.5) is 11.6 Å². The van der Waals surface area contributed by atoms with Crippen LogP contribution in [0.3, 0.4) is 0 Å². The van der Waals surface area contributed by atoms with Crippen LogP contribution < -0.4 is 11.2 Å². The number of aliphatic hydroxyl groups excluding tert-OH is 4. The molecule has 4 aliphatic carbocycles. The fourth-order valence-electron chi connectivity index (χ4n) is 7.91. The molecule has 0 spiro atoms. The van der Waals surface area contributed by atoms with Crippen molar-refractivity contribution in [1.82, 2.24) is 39.0 Å². The van der Waals surface area contributed by atoms with Crippen molar-refractivity contribution in [3.63, 3.8) is 0 Å². The highest BCUT2D eigenvalue weighted by atomic mass is 35.5. The van der Waals surface area contributed by atoms with Gasteiger partial charge in [0.2, 0.25) is 10.6 Å². The van der Waals surface area contributed by atoms with Gasteiger partial charge in [0.05, 0.1) is 50.2 Å². The molecule has 3 saturated carbocycles. The summed E-state index contributed by atoms with van der Waals surface area (Å²) in [5, 5.41) is 43.1. The molecule has 4 aromatic heterocycles. The lowest BCUT2D eigenvalue weighted by molar-refractivity contribution is -0.0526. The van der Waals surface area contributed by atoms with E-state index in [1.54, 1.807) is 12.2 Å². The highest BCUT2D eigenvalue weighted by Gasteiger charge is 2.73. The topological polar surface area (TPSA) is 329 Å². The second-order valence-corrected chi connectivity index (χ2v) is 16.4. The van der Waals surface area contributed by atoms with E-state index in [4.69, 9.17) is 48.1 Å². The number of nitrogens with two attached hydrogens (primary N) is 1. The molecule has 1 unspecified atom stereocenters. The van der Waals surface area contributed by atoms with Gasteiger partial charge in [-0.25, -0.2) is 24.6 Å². The van der Waals surface area contributed by atoms with Crippen LogP contribution in [0.1, 0.15) is 18.5 Å². The van der Waals surface area contributed by atoms with E-state index >= 15 is 0 Å². The molecular weight excluding hydrogens is 765 g/mol. The lowest BCUT2D eigenvalue weighted by Gasteiger charge is -2.40. The molecule has 3 fully saturated rings. The Morgan fingerprint density at radius 2 is 1.61 bits per heavy atom. The number of nitrogens with zero attached hydrogens (tertiary/aromatic N) is 8. The van der Waals surface area contributed by atoms with Gasteiger partial charge in [-0.1, -0.05) is 12.2 Å². The molecule has 11 atom stereocenters. The predicted octanol–water partition coefficient (Wildman–Crippen LogP) is -0.143. The second-order valence-electron chi connectivity index (χ2n) is 12.9. The van der Waals surface area contributed by atoms with Gasteiger partial charge in [-0.05, 0) is 35.5 Å². The van der Waals surface area contributed by atoms with Crippen LogP contribution in [0.2, 0.25) is 10.6 Å². The Kier molecular flexibility index (Phi) is 8.12. The largest absolute Gasteiger partial charge is 0.481 e. The third kappa shape index (κ3) is 5.40. The summed E-state index contributed by atoms with van der Waals surface area (Å²) >= 11 is 12.4. The molecule has 0 amide bonds. The molecular formula is C25H28Cl2N10O12P2.